The smallest absolute Gasteiger partial charge is 0.379 e. The predicted octanol–water partition coefficient (Wildman–Crippen LogP) is 7.38. The van der Waals surface area contributed by atoms with Crippen molar-refractivity contribution in [1.29, 1.82) is 0 Å². The molecule has 4 rings (SSSR count). The highest BCUT2D eigenvalue weighted by molar-refractivity contribution is 8.26. The number of ether oxygens (including phenoxy) is 1. The van der Waals surface area contributed by atoms with E-state index < -0.39 is 5.97 Å². The zero-order chi connectivity index (χ0) is 24.9. The van der Waals surface area contributed by atoms with Gasteiger partial charge in [0, 0.05) is 17.5 Å². The van der Waals surface area contributed by atoms with Crippen LogP contribution in [0.15, 0.2) is 57.9 Å². The van der Waals surface area contributed by atoms with Gasteiger partial charge in [-0.05, 0) is 49.1 Å². The zero-order valence-electron chi connectivity index (χ0n) is 20.2. The summed E-state index contributed by atoms with van der Waals surface area (Å²) in [5, 5.41) is 0.891. The first kappa shape index (κ1) is 25.2. The fraction of sp³-hybridized carbons (Fsp3) is 0.321. The van der Waals surface area contributed by atoms with Crippen molar-refractivity contribution in [3.63, 3.8) is 0 Å². The number of hydrogen-bond donors (Lipinski definition) is 0. The van der Waals surface area contributed by atoms with E-state index in [0.29, 0.717) is 33.0 Å². The molecule has 1 aliphatic rings. The van der Waals surface area contributed by atoms with E-state index in [-0.39, 0.29) is 11.7 Å². The number of furan rings is 1. The number of amides is 1. The van der Waals surface area contributed by atoms with Crippen molar-refractivity contribution in [3.8, 4) is 5.75 Å². The van der Waals surface area contributed by atoms with Crippen LogP contribution < -0.4 is 4.74 Å². The van der Waals surface area contributed by atoms with Gasteiger partial charge in [0.05, 0.1) is 4.91 Å². The molecule has 7 heteroatoms. The number of carbonyl (C=O) groups is 2. The van der Waals surface area contributed by atoms with E-state index in [1.54, 1.807) is 17.0 Å². The average molecular weight is 508 g/mol. The van der Waals surface area contributed by atoms with Gasteiger partial charge in [-0.2, -0.15) is 0 Å². The number of hydrogen-bond acceptors (Lipinski definition) is 6. The standard InChI is InChI=1S/C28H29NO4S2/c1-4-6-9-19(5-2)17-29-26(30)24(35-28(29)34)16-20-12-14-21(15-13-20)32-27(31)25-18(3)22-10-7-8-11-23(22)33-25/h7-8,10-16,19H,4-6,9,17H2,1-3H3/b24-16-. The summed E-state index contributed by atoms with van der Waals surface area (Å²) < 4.78 is 11.8. The van der Waals surface area contributed by atoms with Crippen molar-refractivity contribution in [2.24, 2.45) is 5.92 Å². The summed E-state index contributed by atoms with van der Waals surface area (Å²) in [6.45, 7) is 6.86. The van der Waals surface area contributed by atoms with Gasteiger partial charge in [-0.3, -0.25) is 9.69 Å². The highest BCUT2D eigenvalue weighted by Crippen LogP contribution is 2.34. The highest BCUT2D eigenvalue weighted by Gasteiger charge is 2.33. The third-order valence-corrected chi connectivity index (χ3v) is 7.65. The minimum atomic E-state index is -0.541. The van der Waals surface area contributed by atoms with Gasteiger partial charge in [0.15, 0.2) is 0 Å². The summed E-state index contributed by atoms with van der Waals surface area (Å²) in [6.07, 6.45) is 6.29. The summed E-state index contributed by atoms with van der Waals surface area (Å²) in [5.74, 6) is 0.484. The molecule has 1 atom stereocenters. The molecule has 2 heterocycles. The van der Waals surface area contributed by atoms with Crippen molar-refractivity contribution in [3.05, 3.63) is 70.3 Å². The lowest BCUT2D eigenvalue weighted by molar-refractivity contribution is -0.122. The van der Waals surface area contributed by atoms with Gasteiger partial charge >= 0.3 is 5.97 Å². The molecule has 1 aliphatic heterocycles. The Morgan fingerprint density at radius 1 is 1.17 bits per heavy atom. The molecule has 0 spiro atoms. The number of esters is 1. The molecule has 1 aromatic heterocycles. The van der Waals surface area contributed by atoms with E-state index in [9.17, 15) is 9.59 Å². The van der Waals surface area contributed by atoms with Gasteiger partial charge in [-0.1, -0.05) is 87.4 Å². The molecule has 0 aliphatic carbocycles. The van der Waals surface area contributed by atoms with Crippen molar-refractivity contribution >= 4 is 57.2 Å². The first-order chi connectivity index (χ1) is 16.9. The number of unbranched alkanes of at least 4 members (excludes halogenated alkanes) is 1. The Bertz CT molecular complexity index is 1280. The van der Waals surface area contributed by atoms with Gasteiger partial charge < -0.3 is 9.15 Å². The van der Waals surface area contributed by atoms with Crippen LogP contribution >= 0.6 is 24.0 Å². The topological polar surface area (TPSA) is 59.8 Å². The van der Waals surface area contributed by atoms with Gasteiger partial charge in [0.25, 0.3) is 5.91 Å². The minimum absolute atomic E-state index is 0.0363. The Labute approximate surface area is 215 Å². The summed E-state index contributed by atoms with van der Waals surface area (Å²) in [4.78, 5) is 28.0. The Morgan fingerprint density at radius 3 is 2.60 bits per heavy atom. The number of rotatable bonds is 9. The molecule has 0 bridgehead atoms. The quantitative estimate of drug-likeness (QED) is 0.130. The summed E-state index contributed by atoms with van der Waals surface area (Å²) >= 11 is 6.84. The minimum Gasteiger partial charge on any atom is -0.449 e. The molecule has 35 heavy (non-hydrogen) atoms. The van der Waals surface area contributed by atoms with E-state index >= 15 is 0 Å². The molecule has 3 aromatic rings. The van der Waals surface area contributed by atoms with E-state index in [1.165, 1.54) is 11.8 Å². The number of para-hydroxylation sites is 1. The summed E-state index contributed by atoms with van der Waals surface area (Å²) in [6, 6.07) is 14.6. The average Bonchev–Trinajstić information content (AvgIpc) is 3.33. The second-order valence-corrected chi connectivity index (χ2v) is 10.4. The molecule has 1 fully saturated rings. The second kappa shape index (κ2) is 11.2. The van der Waals surface area contributed by atoms with Crippen LogP contribution in [0.1, 0.15) is 61.2 Å². The monoisotopic (exact) mass is 507 g/mol. The SMILES string of the molecule is CCCCC(CC)CN1C(=O)/C(=C/c2ccc(OC(=O)c3oc4ccccc4c3C)cc2)SC1=S. The fourth-order valence-electron chi connectivity index (χ4n) is 4.14. The maximum Gasteiger partial charge on any atom is 0.379 e. The van der Waals surface area contributed by atoms with E-state index in [1.807, 2.05) is 49.4 Å². The molecular formula is C28H29NO4S2. The second-order valence-electron chi connectivity index (χ2n) is 8.72. The lowest BCUT2D eigenvalue weighted by Gasteiger charge is -2.21. The number of fused-ring (bicyclic) bond motifs is 1. The first-order valence-corrected chi connectivity index (χ1v) is 13.2. The van der Waals surface area contributed by atoms with Gasteiger partial charge in [-0.25, -0.2) is 4.79 Å². The van der Waals surface area contributed by atoms with Crippen molar-refractivity contribution in [2.75, 3.05) is 6.54 Å². The molecule has 1 unspecified atom stereocenters. The molecule has 0 N–H and O–H groups in total. The van der Waals surface area contributed by atoms with Crippen LogP contribution in [-0.4, -0.2) is 27.6 Å². The number of carbonyl (C=O) groups excluding carboxylic acids is 2. The van der Waals surface area contributed by atoms with Crippen LogP contribution in [0, 0.1) is 12.8 Å². The van der Waals surface area contributed by atoms with Gasteiger partial charge in [-0.15, -0.1) is 0 Å². The van der Waals surface area contributed by atoms with Crippen LogP contribution in [0.4, 0.5) is 0 Å². The molecule has 0 radical (unpaired) electrons. The molecule has 2 aromatic carbocycles. The molecule has 0 saturated carbocycles. The van der Waals surface area contributed by atoms with E-state index in [0.717, 1.165) is 42.2 Å². The number of thiocarbonyl (C=S) groups is 1. The zero-order valence-corrected chi connectivity index (χ0v) is 21.8. The molecule has 1 amide bonds. The van der Waals surface area contributed by atoms with Gasteiger partial charge in [0.2, 0.25) is 5.76 Å². The molecule has 5 nitrogen and oxygen atoms in total. The molecular weight excluding hydrogens is 478 g/mol. The molecule has 182 valence electrons. The number of aryl methyl sites for hydroxylation is 1. The van der Waals surface area contributed by atoms with Crippen molar-refractivity contribution < 1.29 is 18.7 Å². The summed E-state index contributed by atoms with van der Waals surface area (Å²) in [7, 11) is 0. The van der Waals surface area contributed by atoms with Crippen molar-refractivity contribution in [1.82, 2.24) is 4.90 Å². The lowest BCUT2D eigenvalue weighted by Crippen LogP contribution is -2.33. The Morgan fingerprint density at radius 2 is 1.91 bits per heavy atom. The van der Waals surface area contributed by atoms with E-state index in [4.69, 9.17) is 21.4 Å². The van der Waals surface area contributed by atoms with Crippen LogP contribution in [0.2, 0.25) is 0 Å². The summed E-state index contributed by atoms with van der Waals surface area (Å²) in [5.41, 5.74) is 2.24. The lowest BCUT2D eigenvalue weighted by atomic mass is 9.99. The van der Waals surface area contributed by atoms with Crippen LogP contribution in [0.3, 0.4) is 0 Å². The number of thioether (sulfide) groups is 1. The predicted molar refractivity (Wildman–Crippen MR) is 146 cm³/mol. The third kappa shape index (κ3) is 5.68. The first-order valence-electron chi connectivity index (χ1n) is 12.0. The van der Waals surface area contributed by atoms with Crippen LogP contribution in [0.25, 0.3) is 17.0 Å². The third-order valence-electron chi connectivity index (χ3n) is 6.28. The number of nitrogens with zero attached hydrogens (tertiary/aromatic N) is 1. The maximum absolute atomic E-state index is 13.0. The Hall–Kier alpha value is -2.90. The van der Waals surface area contributed by atoms with Gasteiger partial charge in [0.1, 0.15) is 15.7 Å². The maximum atomic E-state index is 13.0. The normalized spacial score (nSPS) is 15.9. The number of benzene rings is 2. The largest absolute Gasteiger partial charge is 0.449 e. The van der Waals surface area contributed by atoms with E-state index in [2.05, 4.69) is 13.8 Å². The highest BCUT2D eigenvalue weighted by atomic mass is 32.2. The van der Waals surface area contributed by atoms with Crippen LogP contribution in [0.5, 0.6) is 5.75 Å². The Balaban J connectivity index is 1.42. The van der Waals surface area contributed by atoms with Crippen molar-refractivity contribution in [2.45, 2.75) is 46.5 Å². The Kier molecular flexibility index (Phi) is 8.08. The fourth-order valence-corrected chi connectivity index (χ4v) is 5.41. The van der Waals surface area contributed by atoms with Crippen LogP contribution in [-0.2, 0) is 4.79 Å². The molecule has 1 saturated heterocycles.